The number of ether oxygens (including phenoxy) is 2. The Morgan fingerprint density at radius 1 is 0.654 bits per heavy atom. The number of phosphoric acid groups is 1. The third-order valence-corrected chi connectivity index (χ3v) is 9.87. The Morgan fingerprint density at radius 3 is 1.54 bits per heavy atom. The molecule has 2 aromatic rings. The highest BCUT2D eigenvalue weighted by Crippen LogP contribution is 2.43. The summed E-state index contributed by atoms with van der Waals surface area (Å²) >= 11 is 0. The number of hydrogen-bond acceptors (Lipinski definition) is 9. The van der Waals surface area contributed by atoms with Crippen LogP contribution in [-0.2, 0) is 45.8 Å². The standard InChI is InChI=1S/C38H68N5O8P/c1-43(2,3)30-31-49-52(46,47)50-33-36(51-38(45)23-19-15-11-7-5-9-13-17-21-27-42-29-25-40-35-42)32-48-37(44)22-18-14-10-6-4-8-12-16-20-26-41-28-24-39-34-41/h24-25,28-29,34-36H,4-23,26-27,30-33H2,1-3H3/p+1. The van der Waals surface area contributed by atoms with Crippen molar-refractivity contribution < 1.29 is 42.1 Å². The van der Waals surface area contributed by atoms with Gasteiger partial charge in [-0.15, -0.1) is 0 Å². The number of phosphoric ester groups is 1. The molecule has 2 atom stereocenters. The largest absolute Gasteiger partial charge is 0.472 e. The van der Waals surface area contributed by atoms with Gasteiger partial charge in [0.05, 0.1) is 40.4 Å². The molecule has 298 valence electrons. The maximum atomic E-state index is 12.7. The topological polar surface area (TPSA) is 144 Å². The van der Waals surface area contributed by atoms with Crippen molar-refractivity contribution in [1.82, 2.24) is 19.1 Å². The first kappa shape index (κ1) is 45.6. The van der Waals surface area contributed by atoms with Crippen LogP contribution in [0.1, 0.15) is 128 Å². The van der Waals surface area contributed by atoms with Crippen molar-refractivity contribution in [2.45, 2.75) is 148 Å². The summed E-state index contributed by atoms with van der Waals surface area (Å²) in [5.41, 5.74) is 0. The van der Waals surface area contributed by atoms with Gasteiger partial charge < -0.3 is 28.0 Å². The van der Waals surface area contributed by atoms with E-state index in [2.05, 4.69) is 19.1 Å². The molecular weight excluding hydrogens is 685 g/mol. The zero-order valence-corrected chi connectivity index (χ0v) is 33.3. The summed E-state index contributed by atoms with van der Waals surface area (Å²) in [7, 11) is 1.45. The number of hydrogen-bond donors (Lipinski definition) is 1. The molecule has 1 N–H and O–H groups in total. The second-order valence-electron chi connectivity index (χ2n) is 14.9. The maximum absolute atomic E-state index is 12.7. The maximum Gasteiger partial charge on any atom is 0.472 e. The van der Waals surface area contributed by atoms with E-state index in [1.54, 1.807) is 0 Å². The SMILES string of the molecule is C[N+](C)(C)CCOP(=O)(O)OCC(COC(=O)CCCCCCCCCCCn1ccnc1)OC(=O)CCCCCCCCCCCn1ccnc1. The number of imidazole rings is 2. The van der Waals surface area contributed by atoms with Gasteiger partial charge in [0.25, 0.3) is 0 Å². The van der Waals surface area contributed by atoms with E-state index < -0.39 is 26.5 Å². The molecule has 0 saturated carbocycles. The number of unbranched alkanes of at least 4 members (excludes halogenated alkanes) is 16. The zero-order valence-electron chi connectivity index (χ0n) is 32.4. The van der Waals surface area contributed by atoms with Crippen molar-refractivity contribution in [3.8, 4) is 0 Å². The highest BCUT2D eigenvalue weighted by Gasteiger charge is 2.27. The molecule has 0 amide bonds. The molecule has 13 nitrogen and oxygen atoms in total. The van der Waals surface area contributed by atoms with Crippen molar-refractivity contribution in [1.29, 1.82) is 0 Å². The fourth-order valence-corrected chi connectivity index (χ4v) is 6.45. The fraction of sp³-hybridized carbons (Fsp3) is 0.789. The Hall–Kier alpha value is -2.57. The van der Waals surface area contributed by atoms with Crippen LogP contribution in [0.3, 0.4) is 0 Å². The smallest absolute Gasteiger partial charge is 0.462 e. The first-order valence-corrected chi connectivity index (χ1v) is 21.2. The van der Waals surface area contributed by atoms with E-state index in [4.69, 9.17) is 18.5 Å². The molecule has 0 saturated heterocycles. The minimum absolute atomic E-state index is 0.0238. The highest BCUT2D eigenvalue weighted by molar-refractivity contribution is 7.47. The van der Waals surface area contributed by atoms with Gasteiger partial charge in [-0.1, -0.05) is 89.9 Å². The lowest BCUT2D eigenvalue weighted by Crippen LogP contribution is -2.37. The number of likely N-dealkylation sites (N-methyl/N-ethyl adjacent to an activating group) is 1. The summed E-state index contributed by atoms with van der Waals surface area (Å²) < 4.78 is 38.4. The Morgan fingerprint density at radius 2 is 1.10 bits per heavy atom. The predicted molar refractivity (Wildman–Crippen MR) is 202 cm³/mol. The first-order chi connectivity index (χ1) is 25.0. The summed E-state index contributed by atoms with van der Waals surface area (Å²) in [5.74, 6) is -0.831. The average Bonchev–Trinajstić information content (AvgIpc) is 3.82. The first-order valence-electron chi connectivity index (χ1n) is 19.7. The number of nitrogens with zero attached hydrogens (tertiary/aromatic N) is 5. The Labute approximate surface area is 313 Å². The number of esters is 2. The predicted octanol–water partition coefficient (Wildman–Crippen LogP) is 7.88. The number of aryl methyl sites for hydroxylation is 2. The van der Waals surface area contributed by atoms with Gasteiger partial charge in [-0.3, -0.25) is 18.6 Å². The van der Waals surface area contributed by atoms with Gasteiger partial charge in [0, 0.05) is 50.7 Å². The van der Waals surface area contributed by atoms with E-state index in [-0.39, 0.29) is 32.0 Å². The van der Waals surface area contributed by atoms with Crippen molar-refractivity contribution in [3.63, 3.8) is 0 Å². The van der Waals surface area contributed by atoms with E-state index in [0.717, 1.165) is 58.0 Å². The molecular formula is C38H69N5O8P+. The number of carbonyl (C=O) groups excluding carboxylic acids is 2. The molecule has 2 heterocycles. The second kappa shape index (κ2) is 28.0. The third kappa shape index (κ3) is 26.2. The van der Waals surface area contributed by atoms with Gasteiger partial charge in [0.2, 0.25) is 0 Å². The second-order valence-corrected chi connectivity index (χ2v) is 16.3. The summed E-state index contributed by atoms with van der Waals surface area (Å²) in [6.07, 6.45) is 30.6. The molecule has 52 heavy (non-hydrogen) atoms. The normalized spacial score (nSPS) is 13.5. The third-order valence-electron chi connectivity index (χ3n) is 8.88. The van der Waals surface area contributed by atoms with Gasteiger partial charge in [-0.2, -0.15) is 0 Å². The van der Waals surface area contributed by atoms with E-state index in [0.29, 0.717) is 17.4 Å². The molecule has 0 aliphatic rings. The van der Waals surface area contributed by atoms with Crippen molar-refractivity contribution in [3.05, 3.63) is 37.4 Å². The van der Waals surface area contributed by atoms with Crippen LogP contribution >= 0.6 is 7.82 Å². The van der Waals surface area contributed by atoms with E-state index in [1.165, 1.54) is 64.2 Å². The number of rotatable bonds is 34. The fourth-order valence-electron chi connectivity index (χ4n) is 5.70. The Balaban J connectivity index is 1.58. The summed E-state index contributed by atoms with van der Waals surface area (Å²) in [4.78, 5) is 43.4. The highest BCUT2D eigenvalue weighted by atomic mass is 31.2. The summed E-state index contributed by atoms with van der Waals surface area (Å²) in [6.45, 7) is 1.91. The lowest BCUT2D eigenvalue weighted by molar-refractivity contribution is -0.870. The molecule has 2 aromatic heterocycles. The van der Waals surface area contributed by atoms with Crippen LogP contribution in [0, 0.1) is 0 Å². The number of carbonyl (C=O) groups is 2. The van der Waals surface area contributed by atoms with Crippen molar-refractivity contribution in [2.75, 3.05) is 47.5 Å². The van der Waals surface area contributed by atoms with E-state index in [9.17, 15) is 19.0 Å². The van der Waals surface area contributed by atoms with Crippen LogP contribution in [0.2, 0.25) is 0 Å². The van der Waals surface area contributed by atoms with E-state index >= 15 is 0 Å². The lowest BCUT2D eigenvalue weighted by atomic mass is 10.1. The minimum Gasteiger partial charge on any atom is -0.462 e. The minimum atomic E-state index is -4.38. The quantitative estimate of drug-likeness (QED) is 0.0324. The Kier molecular flexibility index (Phi) is 24.5. The van der Waals surface area contributed by atoms with Gasteiger partial charge in [0.15, 0.2) is 6.10 Å². The number of aromatic nitrogens is 4. The van der Waals surface area contributed by atoms with Crippen molar-refractivity contribution >= 4 is 19.8 Å². The average molecular weight is 755 g/mol. The van der Waals surface area contributed by atoms with Gasteiger partial charge in [-0.05, 0) is 25.7 Å². The Bertz CT molecular complexity index is 1210. The zero-order chi connectivity index (χ0) is 37.8. The molecule has 0 aromatic carbocycles. The molecule has 2 rings (SSSR count). The van der Waals surface area contributed by atoms with Crippen LogP contribution in [0.15, 0.2) is 37.4 Å². The van der Waals surface area contributed by atoms with Gasteiger partial charge in [0.1, 0.15) is 19.8 Å². The van der Waals surface area contributed by atoms with Crippen LogP contribution in [0.4, 0.5) is 0 Å². The van der Waals surface area contributed by atoms with Crippen LogP contribution in [0.25, 0.3) is 0 Å². The monoisotopic (exact) mass is 754 g/mol. The van der Waals surface area contributed by atoms with E-state index in [1.807, 2.05) is 58.6 Å². The number of quaternary nitrogens is 1. The lowest BCUT2D eigenvalue weighted by Gasteiger charge is -2.24. The van der Waals surface area contributed by atoms with Crippen LogP contribution < -0.4 is 0 Å². The van der Waals surface area contributed by atoms with Crippen molar-refractivity contribution in [2.24, 2.45) is 0 Å². The molecule has 0 bridgehead atoms. The molecule has 0 radical (unpaired) electrons. The van der Waals surface area contributed by atoms with Gasteiger partial charge >= 0.3 is 19.8 Å². The van der Waals surface area contributed by atoms with Gasteiger partial charge in [-0.25, -0.2) is 14.5 Å². The summed E-state index contributed by atoms with van der Waals surface area (Å²) in [6, 6.07) is 0. The molecule has 0 aliphatic heterocycles. The molecule has 14 heteroatoms. The molecule has 2 unspecified atom stereocenters. The van der Waals surface area contributed by atoms with Crippen LogP contribution in [0.5, 0.6) is 0 Å². The molecule has 0 spiro atoms. The van der Waals surface area contributed by atoms with Crippen LogP contribution in [-0.4, -0.2) is 94.0 Å². The molecule has 0 aliphatic carbocycles. The molecule has 0 fully saturated rings. The summed E-state index contributed by atoms with van der Waals surface area (Å²) in [5, 5.41) is 0.